The van der Waals surface area contributed by atoms with Crippen LogP contribution in [0.4, 0.5) is 5.69 Å². The van der Waals surface area contributed by atoms with Crippen LogP contribution < -0.4 is 0 Å². The maximum Gasteiger partial charge on any atom is 0.288 e. The van der Waals surface area contributed by atoms with Crippen molar-refractivity contribution in [2.75, 3.05) is 19.1 Å². The van der Waals surface area contributed by atoms with E-state index in [-0.39, 0.29) is 28.2 Å². The molecule has 1 aromatic carbocycles. The lowest BCUT2D eigenvalue weighted by Gasteiger charge is -2.25. The first-order valence-electron chi connectivity index (χ1n) is 6.09. The first kappa shape index (κ1) is 16.8. The van der Waals surface area contributed by atoms with Crippen LogP contribution in [0.25, 0.3) is 0 Å². The predicted molar refractivity (Wildman–Crippen MR) is 82.7 cm³/mol. The molecule has 7 heteroatoms. The van der Waals surface area contributed by atoms with E-state index in [0.717, 1.165) is 12.2 Å². The van der Waals surface area contributed by atoms with Crippen LogP contribution in [-0.2, 0) is 0 Å². The summed E-state index contributed by atoms with van der Waals surface area (Å²) in [5.41, 5.74) is -0.0814. The summed E-state index contributed by atoms with van der Waals surface area (Å²) in [4.78, 5) is 24.2. The Labute approximate surface area is 127 Å². The lowest BCUT2D eigenvalue weighted by atomic mass is 10.1. The molecule has 20 heavy (non-hydrogen) atoms. The van der Waals surface area contributed by atoms with E-state index >= 15 is 0 Å². The molecule has 0 bridgehead atoms. The fourth-order valence-electron chi connectivity index (χ4n) is 1.70. The number of hydrogen-bond acceptors (Lipinski definition) is 4. The molecule has 0 aliphatic rings. The quantitative estimate of drug-likeness (QED) is 0.595. The van der Waals surface area contributed by atoms with Crippen molar-refractivity contribution >= 4 is 35.0 Å². The number of nitrogens with zero attached hydrogens (tertiary/aromatic N) is 2. The first-order chi connectivity index (χ1) is 9.40. The van der Waals surface area contributed by atoms with Gasteiger partial charge in [0.1, 0.15) is 5.02 Å². The standard InChI is InChI=1S/C13H17ClN2O3S/c1-9(7-8-20-3)15(2)13(17)10-5-4-6-11(12(10)14)16(18)19/h4-6,9H,7-8H2,1-3H3. The summed E-state index contributed by atoms with van der Waals surface area (Å²) in [6, 6.07) is 4.31. The lowest BCUT2D eigenvalue weighted by Crippen LogP contribution is -2.35. The highest BCUT2D eigenvalue weighted by Gasteiger charge is 2.24. The Morgan fingerprint density at radius 2 is 2.20 bits per heavy atom. The van der Waals surface area contributed by atoms with Gasteiger partial charge in [-0.1, -0.05) is 17.7 Å². The number of carbonyl (C=O) groups excluding carboxylic acids is 1. The largest absolute Gasteiger partial charge is 0.339 e. The topological polar surface area (TPSA) is 63.5 Å². The second kappa shape index (κ2) is 7.50. The molecule has 0 N–H and O–H groups in total. The third-order valence-electron chi connectivity index (χ3n) is 3.13. The molecular weight excluding hydrogens is 300 g/mol. The Kier molecular flexibility index (Phi) is 6.29. The highest BCUT2D eigenvalue weighted by atomic mass is 35.5. The predicted octanol–water partition coefficient (Wildman–Crippen LogP) is 3.46. The summed E-state index contributed by atoms with van der Waals surface area (Å²) in [5, 5.41) is 10.7. The third kappa shape index (κ3) is 3.86. The highest BCUT2D eigenvalue weighted by molar-refractivity contribution is 7.98. The van der Waals surface area contributed by atoms with Gasteiger partial charge >= 0.3 is 0 Å². The molecule has 0 fully saturated rings. The van der Waals surface area contributed by atoms with Gasteiger partial charge in [-0.05, 0) is 31.4 Å². The average molecular weight is 317 g/mol. The minimum atomic E-state index is -0.587. The van der Waals surface area contributed by atoms with Crippen LogP contribution in [0.5, 0.6) is 0 Å². The monoisotopic (exact) mass is 316 g/mol. The number of halogens is 1. The van der Waals surface area contributed by atoms with E-state index in [9.17, 15) is 14.9 Å². The molecule has 1 amide bonds. The van der Waals surface area contributed by atoms with Crippen LogP contribution in [0, 0.1) is 10.1 Å². The summed E-state index contributed by atoms with van der Waals surface area (Å²) >= 11 is 7.67. The molecule has 110 valence electrons. The number of nitro benzene ring substituents is 1. The number of amides is 1. The van der Waals surface area contributed by atoms with Crippen molar-refractivity contribution in [3.8, 4) is 0 Å². The van der Waals surface area contributed by atoms with Crippen molar-refractivity contribution in [1.29, 1.82) is 0 Å². The molecule has 1 rings (SSSR count). The number of thioether (sulfide) groups is 1. The number of nitro groups is 1. The van der Waals surface area contributed by atoms with E-state index in [1.165, 1.54) is 18.2 Å². The van der Waals surface area contributed by atoms with E-state index in [1.807, 2.05) is 13.2 Å². The van der Waals surface area contributed by atoms with Crippen LogP contribution in [-0.4, -0.2) is 40.8 Å². The van der Waals surface area contributed by atoms with Crippen LogP contribution in [0.1, 0.15) is 23.7 Å². The van der Waals surface area contributed by atoms with Gasteiger partial charge in [-0.25, -0.2) is 0 Å². The molecule has 0 saturated carbocycles. The van der Waals surface area contributed by atoms with Crippen LogP contribution in [0.3, 0.4) is 0 Å². The fraction of sp³-hybridized carbons (Fsp3) is 0.462. The van der Waals surface area contributed by atoms with Crippen molar-refractivity contribution in [1.82, 2.24) is 4.90 Å². The van der Waals surface area contributed by atoms with Gasteiger partial charge in [0.25, 0.3) is 11.6 Å². The van der Waals surface area contributed by atoms with E-state index in [0.29, 0.717) is 0 Å². The second-order valence-electron chi connectivity index (χ2n) is 4.44. The zero-order valence-corrected chi connectivity index (χ0v) is 13.2. The minimum Gasteiger partial charge on any atom is -0.339 e. The average Bonchev–Trinajstić information content (AvgIpc) is 2.43. The van der Waals surface area contributed by atoms with Gasteiger partial charge in [-0.3, -0.25) is 14.9 Å². The molecule has 0 spiro atoms. The summed E-state index contributed by atoms with van der Waals surface area (Å²) in [6.07, 6.45) is 2.86. The van der Waals surface area contributed by atoms with Crippen molar-refractivity contribution in [3.05, 3.63) is 38.9 Å². The van der Waals surface area contributed by atoms with Gasteiger partial charge < -0.3 is 4.90 Å². The van der Waals surface area contributed by atoms with Crippen molar-refractivity contribution in [2.45, 2.75) is 19.4 Å². The maximum atomic E-state index is 12.4. The Morgan fingerprint density at radius 1 is 1.55 bits per heavy atom. The smallest absolute Gasteiger partial charge is 0.288 e. The van der Waals surface area contributed by atoms with Crippen LogP contribution >= 0.6 is 23.4 Å². The zero-order valence-electron chi connectivity index (χ0n) is 11.6. The van der Waals surface area contributed by atoms with Gasteiger partial charge in [0.2, 0.25) is 0 Å². The zero-order chi connectivity index (χ0) is 15.3. The van der Waals surface area contributed by atoms with E-state index in [2.05, 4.69) is 0 Å². The summed E-state index contributed by atoms with van der Waals surface area (Å²) in [6.45, 7) is 1.94. The van der Waals surface area contributed by atoms with Gasteiger partial charge in [-0.15, -0.1) is 0 Å². The molecule has 0 aliphatic heterocycles. The molecular formula is C13H17ClN2O3S. The molecule has 0 heterocycles. The normalized spacial score (nSPS) is 12.0. The number of rotatable bonds is 6. The van der Waals surface area contributed by atoms with Gasteiger partial charge in [-0.2, -0.15) is 11.8 Å². The number of hydrogen-bond donors (Lipinski definition) is 0. The summed E-state index contributed by atoms with van der Waals surface area (Å²) < 4.78 is 0. The van der Waals surface area contributed by atoms with Gasteiger partial charge in [0.05, 0.1) is 10.5 Å². The SMILES string of the molecule is CSCCC(C)N(C)C(=O)c1cccc([N+](=O)[O-])c1Cl. The molecule has 0 saturated heterocycles. The Morgan fingerprint density at radius 3 is 2.75 bits per heavy atom. The van der Waals surface area contributed by atoms with Crippen molar-refractivity contribution in [2.24, 2.45) is 0 Å². The van der Waals surface area contributed by atoms with Crippen molar-refractivity contribution < 1.29 is 9.72 Å². The lowest BCUT2D eigenvalue weighted by molar-refractivity contribution is -0.384. The van der Waals surface area contributed by atoms with Crippen molar-refractivity contribution in [3.63, 3.8) is 0 Å². The van der Waals surface area contributed by atoms with Gasteiger partial charge in [0, 0.05) is 19.2 Å². The molecule has 0 aromatic heterocycles. The number of benzene rings is 1. The Hall–Kier alpha value is -1.27. The molecule has 1 unspecified atom stereocenters. The molecule has 1 aromatic rings. The molecule has 5 nitrogen and oxygen atoms in total. The van der Waals surface area contributed by atoms with E-state index in [4.69, 9.17) is 11.6 Å². The fourth-order valence-corrected chi connectivity index (χ4v) is 2.55. The van der Waals surface area contributed by atoms with Crippen LogP contribution in [0.15, 0.2) is 18.2 Å². The third-order valence-corrected chi connectivity index (χ3v) is 4.17. The Balaban J connectivity index is 2.97. The highest BCUT2D eigenvalue weighted by Crippen LogP contribution is 2.28. The van der Waals surface area contributed by atoms with E-state index < -0.39 is 4.92 Å². The summed E-state index contributed by atoms with van der Waals surface area (Å²) in [7, 11) is 1.68. The minimum absolute atomic E-state index is 0.0466. The maximum absolute atomic E-state index is 12.4. The second-order valence-corrected chi connectivity index (χ2v) is 5.81. The number of carbonyl (C=O) groups is 1. The first-order valence-corrected chi connectivity index (χ1v) is 7.86. The molecule has 0 aliphatic carbocycles. The van der Waals surface area contributed by atoms with Crippen LogP contribution in [0.2, 0.25) is 5.02 Å². The van der Waals surface area contributed by atoms with E-state index in [1.54, 1.807) is 23.7 Å². The Bertz CT molecular complexity index is 510. The van der Waals surface area contributed by atoms with Gasteiger partial charge in [0.15, 0.2) is 0 Å². The molecule has 1 atom stereocenters. The summed E-state index contributed by atoms with van der Waals surface area (Å²) in [5.74, 6) is 0.647. The molecule has 0 radical (unpaired) electrons.